The van der Waals surface area contributed by atoms with Gasteiger partial charge >= 0.3 is 11.9 Å². The van der Waals surface area contributed by atoms with Gasteiger partial charge in [-0.1, -0.05) is 5.16 Å². The van der Waals surface area contributed by atoms with Crippen LogP contribution in [0.1, 0.15) is 31.1 Å². The molecule has 3 rings (SSSR count). The molecule has 158 valence electrons. The van der Waals surface area contributed by atoms with Crippen molar-refractivity contribution in [3.05, 3.63) is 59.4 Å². The monoisotopic (exact) mass is 412 g/mol. The third kappa shape index (κ3) is 4.77. The van der Waals surface area contributed by atoms with Crippen LogP contribution in [0, 0.1) is 0 Å². The number of nitrogens with zero attached hydrogens (tertiary/aromatic N) is 2. The summed E-state index contributed by atoms with van der Waals surface area (Å²) in [6.07, 6.45) is 3.41. The molecule has 0 fully saturated rings. The highest BCUT2D eigenvalue weighted by molar-refractivity contribution is 6.31. The van der Waals surface area contributed by atoms with E-state index in [1.807, 2.05) is 6.92 Å². The van der Waals surface area contributed by atoms with E-state index in [2.05, 4.69) is 5.16 Å². The number of carbonyl (C=O) groups excluding carboxylic acids is 2. The summed E-state index contributed by atoms with van der Waals surface area (Å²) in [6, 6.07) is 10.2. The van der Waals surface area contributed by atoms with Crippen LogP contribution < -0.4 is 4.74 Å². The van der Waals surface area contributed by atoms with Crippen molar-refractivity contribution >= 4 is 23.7 Å². The Labute approximate surface area is 174 Å². The van der Waals surface area contributed by atoms with Crippen molar-refractivity contribution in [2.75, 3.05) is 26.9 Å². The quantitative estimate of drug-likeness (QED) is 0.272. The van der Waals surface area contributed by atoms with E-state index >= 15 is 0 Å². The van der Waals surface area contributed by atoms with Crippen molar-refractivity contribution in [1.82, 2.24) is 4.57 Å². The Balaban J connectivity index is 1.80. The van der Waals surface area contributed by atoms with Gasteiger partial charge in [-0.2, -0.15) is 0 Å². The van der Waals surface area contributed by atoms with Crippen LogP contribution in [-0.2, 0) is 23.9 Å². The van der Waals surface area contributed by atoms with E-state index < -0.39 is 12.0 Å². The molecule has 30 heavy (non-hydrogen) atoms. The minimum absolute atomic E-state index is 0.190. The van der Waals surface area contributed by atoms with Gasteiger partial charge < -0.3 is 23.6 Å². The zero-order valence-corrected chi connectivity index (χ0v) is 17.2. The predicted octanol–water partition coefficient (Wildman–Crippen LogP) is 2.98. The minimum atomic E-state index is -0.577. The topological polar surface area (TPSA) is 88.4 Å². The number of esters is 1. The zero-order valence-electron chi connectivity index (χ0n) is 17.2. The molecule has 1 aromatic heterocycles. The second-order valence-corrected chi connectivity index (χ2v) is 6.49. The highest BCUT2D eigenvalue weighted by Gasteiger charge is 2.28. The Bertz CT molecular complexity index is 958. The largest absolute Gasteiger partial charge is 0.497 e. The lowest BCUT2D eigenvalue weighted by Crippen LogP contribution is -2.21. The lowest BCUT2D eigenvalue weighted by Gasteiger charge is -2.15. The zero-order chi connectivity index (χ0) is 21.5. The van der Waals surface area contributed by atoms with Gasteiger partial charge in [-0.05, 0) is 56.3 Å². The van der Waals surface area contributed by atoms with Gasteiger partial charge in [0.2, 0.25) is 0 Å². The van der Waals surface area contributed by atoms with Gasteiger partial charge in [-0.3, -0.25) is 0 Å². The van der Waals surface area contributed by atoms with Crippen molar-refractivity contribution in [2.45, 2.75) is 19.9 Å². The number of hydrogen-bond acceptors (Lipinski definition) is 7. The van der Waals surface area contributed by atoms with Crippen molar-refractivity contribution in [3.8, 4) is 5.75 Å². The molecule has 1 atom stereocenters. The summed E-state index contributed by atoms with van der Waals surface area (Å²) in [6.45, 7) is 4.72. The van der Waals surface area contributed by atoms with Crippen LogP contribution in [0.4, 0.5) is 0 Å². The Morgan fingerprint density at radius 1 is 1.23 bits per heavy atom. The van der Waals surface area contributed by atoms with Crippen LogP contribution in [0.3, 0.4) is 0 Å². The molecular weight excluding hydrogens is 388 g/mol. The highest BCUT2D eigenvalue weighted by atomic mass is 16.7. The van der Waals surface area contributed by atoms with E-state index in [1.165, 1.54) is 0 Å². The van der Waals surface area contributed by atoms with Crippen molar-refractivity contribution in [2.24, 2.45) is 5.16 Å². The molecule has 0 saturated carbocycles. The van der Waals surface area contributed by atoms with E-state index in [-0.39, 0.29) is 12.6 Å². The van der Waals surface area contributed by atoms with Gasteiger partial charge in [0.05, 0.1) is 19.3 Å². The van der Waals surface area contributed by atoms with Crippen molar-refractivity contribution in [3.63, 3.8) is 0 Å². The molecule has 8 nitrogen and oxygen atoms in total. The first-order valence-corrected chi connectivity index (χ1v) is 9.62. The molecular formula is C22H24N2O6. The highest BCUT2D eigenvalue weighted by Crippen LogP contribution is 2.24. The van der Waals surface area contributed by atoms with E-state index in [0.29, 0.717) is 35.9 Å². The summed E-state index contributed by atoms with van der Waals surface area (Å²) >= 11 is 0. The SMILES string of the molecule is CCOCCOC(=O)C(C)n1cccc1C=C1C(=O)ON=C1c1ccc(OC)cc1. The summed E-state index contributed by atoms with van der Waals surface area (Å²) in [5.41, 5.74) is 2.09. The molecule has 0 amide bonds. The van der Waals surface area contributed by atoms with Crippen LogP contribution in [0.2, 0.25) is 0 Å². The standard InChI is InChI=1S/C22H24N2O6/c1-4-28-12-13-29-21(25)15(2)24-11-5-6-17(24)14-19-20(23-30-22(19)26)16-7-9-18(27-3)10-8-16/h5-11,14-15H,4,12-13H2,1-3H3. The number of methoxy groups -OCH3 is 1. The van der Waals surface area contributed by atoms with Crippen LogP contribution in [0.5, 0.6) is 5.75 Å². The van der Waals surface area contributed by atoms with Crippen molar-refractivity contribution < 1.29 is 28.6 Å². The van der Waals surface area contributed by atoms with Crippen molar-refractivity contribution in [1.29, 1.82) is 0 Å². The fourth-order valence-corrected chi connectivity index (χ4v) is 2.98. The summed E-state index contributed by atoms with van der Waals surface area (Å²) in [4.78, 5) is 29.5. The Morgan fingerprint density at radius 3 is 2.70 bits per heavy atom. The maximum Gasteiger partial charge on any atom is 0.368 e. The van der Waals surface area contributed by atoms with Gasteiger partial charge in [0.1, 0.15) is 24.1 Å². The molecule has 0 saturated heterocycles. The number of rotatable bonds is 9. The molecule has 8 heteroatoms. The van der Waals surface area contributed by atoms with Crippen LogP contribution in [-0.4, -0.2) is 49.1 Å². The number of oxime groups is 1. The van der Waals surface area contributed by atoms with E-state index in [4.69, 9.17) is 19.0 Å². The first-order chi connectivity index (χ1) is 14.5. The second-order valence-electron chi connectivity index (χ2n) is 6.49. The third-order valence-corrected chi connectivity index (χ3v) is 4.60. The summed E-state index contributed by atoms with van der Waals surface area (Å²) < 4.78 is 17.3. The maximum atomic E-state index is 12.4. The average Bonchev–Trinajstić information content (AvgIpc) is 3.38. The predicted molar refractivity (Wildman–Crippen MR) is 110 cm³/mol. The molecule has 2 heterocycles. The first kappa shape index (κ1) is 21.3. The summed E-state index contributed by atoms with van der Waals surface area (Å²) in [5.74, 6) is -0.246. The molecule has 0 N–H and O–H groups in total. The number of hydrogen-bond donors (Lipinski definition) is 0. The first-order valence-electron chi connectivity index (χ1n) is 9.62. The smallest absolute Gasteiger partial charge is 0.368 e. The molecule has 0 aliphatic carbocycles. The normalized spacial score (nSPS) is 15.6. The minimum Gasteiger partial charge on any atom is -0.497 e. The summed E-state index contributed by atoms with van der Waals surface area (Å²) in [5, 5.41) is 3.92. The molecule has 1 aromatic carbocycles. The lowest BCUT2D eigenvalue weighted by molar-refractivity contribution is -0.148. The van der Waals surface area contributed by atoms with Gasteiger partial charge in [0.25, 0.3) is 0 Å². The van der Waals surface area contributed by atoms with E-state index in [0.717, 1.165) is 5.56 Å². The second kappa shape index (κ2) is 9.89. The summed E-state index contributed by atoms with van der Waals surface area (Å²) in [7, 11) is 1.58. The Morgan fingerprint density at radius 2 is 2.00 bits per heavy atom. The van der Waals surface area contributed by atoms with Crippen LogP contribution in [0.15, 0.2) is 53.3 Å². The van der Waals surface area contributed by atoms with E-state index in [1.54, 1.807) is 67.3 Å². The fraction of sp³-hybridized carbons (Fsp3) is 0.318. The van der Waals surface area contributed by atoms with E-state index in [9.17, 15) is 9.59 Å². The molecule has 2 aromatic rings. The number of aromatic nitrogens is 1. The number of ether oxygens (including phenoxy) is 3. The molecule has 0 bridgehead atoms. The van der Waals surface area contributed by atoms with Gasteiger partial charge in [-0.15, -0.1) is 0 Å². The Kier molecular flexibility index (Phi) is 7.03. The third-order valence-electron chi connectivity index (χ3n) is 4.60. The Hall–Kier alpha value is -3.39. The maximum absolute atomic E-state index is 12.4. The van der Waals surface area contributed by atoms with Gasteiger partial charge in [0.15, 0.2) is 0 Å². The van der Waals surface area contributed by atoms with Gasteiger partial charge in [0, 0.05) is 24.1 Å². The fourth-order valence-electron chi connectivity index (χ4n) is 2.98. The molecule has 0 spiro atoms. The molecule has 1 aliphatic rings. The number of carbonyl (C=O) groups is 2. The molecule has 1 aliphatic heterocycles. The molecule has 0 radical (unpaired) electrons. The van der Waals surface area contributed by atoms with Gasteiger partial charge in [-0.25, -0.2) is 9.59 Å². The van der Waals surface area contributed by atoms with Crippen LogP contribution in [0.25, 0.3) is 6.08 Å². The lowest BCUT2D eigenvalue weighted by atomic mass is 10.0. The average molecular weight is 412 g/mol. The number of benzene rings is 1. The van der Waals surface area contributed by atoms with Crippen LogP contribution >= 0.6 is 0 Å². The molecule has 1 unspecified atom stereocenters.